The third-order valence-electron chi connectivity index (χ3n) is 1.73. The topological polar surface area (TPSA) is 92.2 Å². The van der Waals surface area contributed by atoms with Gasteiger partial charge in [0.25, 0.3) is 0 Å². The van der Waals surface area contributed by atoms with Gasteiger partial charge in [0.2, 0.25) is 5.91 Å². The van der Waals surface area contributed by atoms with Crippen LogP contribution in [0.1, 0.15) is 12.6 Å². The molecule has 15 heavy (non-hydrogen) atoms. The van der Waals surface area contributed by atoms with Crippen molar-refractivity contribution in [3.05, 3.63) is 24.3 Å². The summed E-state index contributed by atoms with van der Waals surface area (Å²) in [7, 11) is 0. The molecule has 1 rings (SSSR count). The van der Waals surface area contributed by atoms with Crippen molar-refractivity contribution < 1.29 is 14.7 Å². The Morgan fingerprint density at radius 3 is 2.80 bits per heavy atom. The Morgan fingerprint density at radius 1 is 1.60 bits per heavy atom. The molecule has 2 N–H and O–H groups in total. The minimum atomic E-state index is -1.08. The number of aromatic nitrogens is 2. The van der Waals surface area contributed by atoms with E-state index in [0.717, 1.165) is 0 Å². The molecule has 0 aromatic carbocycles. The quantitative estimate of drug-likeness (QED) is 0.704. The van der Waals surface area contributed by atoms with Gasteiger partial charge in [0.1, 0.15) is 12.4 Å². The van der Waals surface area contributed by atoms with Crippen molar-refractivity contribution in [1.29, 1.82) is 0 Å². The lowest BCUT2D eigenvalue weighted by Gasteiger charge is -2.11. The molecule has 0 saturated carbocycles. The first kappa shape index (κ1) is 11.1. The zero-order valence-electron chi connectivity index (χ0n) is 8.17. The highest BCUT2D eigenvalue weighted by molar-refractivity contribution is 5.82. The average Bonchev–Trinajstić information content (AvgIpc) is 2.17. The zero-order chi connectivity index (χ0) is 11.3. The average molecular weight is 209 g/mol. The summed E-state index contributed by atoms with van der Waals surface area (Å²) < 4.78 is 0. The summed E-state index contributed by atoms with van der Waals surface area (Å²) in [6, 6.07) is 0.662. The number of nitrogens with one attached hydrogen (secondary N) is 1. The summed E-state index contributed by atoms with van der Waals surface area (Å²) in [6.45, 7) is 1.27. The predicted octanol–water partition coefficient (Wildman–Crippen LogP) is -0.392. The van der Waals surface area contributed by atoms with Crippen molar-refractivity contribution in [2.24, 2.45) is 0 Å². The standard InChI is InChI=1S/C9H11N3O3/c1-6(13)12-8(9(14)15)4-7-2-3-10-5-11-7/h2-3,5,8H,4H2,1H3,(H,12,13)(H,14,15)/t8-/m0/s1. The fourth-order valence-corrected chi connectivity index (χ4v) is 1.09. The van der Waals surface area contributed by atoms with E-state index in [0.29, 0.717) is 5.69 Å². The third-order valence-corrected chi connectivity index (χ3v) is 1.73. The van der Waals surface area contributed by atoms with Crippen molar-refractivity contribution in [2.75, 3.05) is 0 Å². The van der Waals surface area contributed by atoms with Crippen molar-refractivity contribution in [3.63, 3.8) is 0 Å². The van der Waals surface area contributed by atoms with Crippen molar-refractivity contribution >= 4 is 11.9 Å². The number of carbonyl (C=O) groups excluding carboxylic acids is 1. The molecule has 0 aliphatic rings. The number of rotatable bonds is 4. The lowest BCUT2D eigenvalue weighted by molar-refractivity contribution is -0.141. The summed E-state index contributed by atoms with van der Waals surface area (Å²) >= 11 is 0. The first-order valence-corrected chi connectivity index (χ1v) is 4.34. The molecule has 1 aromatic heterocycles. The molecule has 0 fully saturated rings. The second-order valence-electron chi connectivity index (χ2n) is 3.00. The lowest BCUT2D eigenvalue weighted by Crippen LogP contribution is -2.41. The molecule has 0 aliphatic carbocycles. The number of aliphatic carboxylic acids is 1. The van der Waals surface area contributed by atoms with Gasteiger partial charge in [0.05, 0.1) is 0 Å². The summed E-state index contributed by atoms with van der Waals surface area (Å²) in [6.07, 6.45) is 3.01. The van der Waals surface area contributed by atoms with Gasteiger partial charge in [0.15, 0.2) is 0 Å². The molecule has 0 aliphatic heterocycles. The number of hydrogen-bond acceptors (Lipinski definition) is 4. The van der Waals surface area contributed by atoms with Crippen LogP contribution in [0, 0.1) is 0 Å². The number of carboxylic acid groups (broad SMARTS) is 1. The zero-order valence-corrected chi connectivity index (χ0v) is 8.17. The normalized spacial score (nSPS) is 11.8. The van der Waals surface area contributed by atoms with Gasteiger partial charge in [0, 0.05) is 25.2 Å². The Labute approximate surface area is 86.4 Å². The molecule has 6 heteroatoms. The molecule has 0 radical (unpaired) electrons. The van der Waals surface area contributed by atoms with Gasteiger partial charge < -0.3 is 10.4 Å². The second kappa shape index (κ2) is 5.04. The van der Waals surface area contributed by atoms with Crippen LogP contribution in [0.15, 0.2) is 18.6 Å². The SMILES string of the molecule is CC(=O)N[C@@H](Cc1ccncn1)C(=O)O. The smallest absolute Gasteiger partial charge is 0.326 e. The molecule has 1 amide bonds. The van der Waals surface area contributed by atoms with Crippen molar-refractivity contribution in [1.82, 2.24) is 15.3 Å². The van der Waals surface area contributed by atoms with Gasteiger partial charge in [-0.15, -0.1) is 0 Å². The molecule has 0 saturated heterocycles. The van der Waals surface area contributed by atoms with E-state index in [1.165, 1.54) is 19.4 Å². The van der Waals surface area contributed by atoms with Crippen LogP contribution < -0.4 is 5.32 Å². The van der Waals surface area contributed by atoms with Crippen LogP contribution in [0.5, 0.6) is 0 Å². The summed E-state index contributed by atoms with van der Waals surface area (Å²) in [5, 5.41) is 11.2. The number of nitrogens with zero attached hydrogens (tertiary/aromatic N) is 2. The Morgan fingerprint density at radius 2 is 2.33 bits per heavy atom. The molecule has 1 aromatic rings. The van der Waals surface area contributed by atoms with Crippen molar-refractivity contribution in [3.8, 4) is 0 Å². The molecule has 1 heterocycles. The largest absolute Gasteiger partial charge is 0.480 e. The van der Waals surface area contributed by atoms with Gasteiger partial charge in [-0.1, -0.05) is 0 Å². The molecule has 0 spiro atoms. The first-order valence-electron chi connectivity index (χ1n) is 4.34. The Balaban J connectivity index is 2.67. The molecule has 0 bridgehead atoms. The molecular weight excluding hydrogens is 198 g/mol. The van der Waals surface area contributed by atoms with E-state index in [-0.39, 0.29) is 12.3 Å². The van der Waals surface area contributed by atoms with E-state index in [1.54, 1.807) is 6.07 Å². The van der Waals surface area contributed by atoms with Gasteiger partial charge in [-0.3, -0.25) is 4.79 Å². The number of carbonyl (C=O) groups is 2. The monoisotopic (exact) mass is 209 g/mol. The van der Waals surface area contributed by atoms with E-state index in [4.69, 9.17) is 5.11 Å². The third kappa shape index (κ3) is 3.72. The van der Waals surface area contributed by atoms with E-state index in [2.05, 4.69) is 15.3 Å². The number of hydrogen-bond donors (Lipinski definition) is 2. The van der Waals surface area contributed by atoms with Crippen molar-refractivity contribution in [2.45, 2.75) is 19.4 Å². The van der Waals surface area contributed by atoms with Gasteiger partial charge in [-0.2, -0.15) is 0 Å². The minimum absolute atomic E-state index is 0.150. The second-order valence-corrected chi connectivity index (χ2v) is 3.00. The summed E-state index contributed by atoms with van der Waals surface area (Å²) in [4.78, 5) is 29.1. The number of amides is 1. The van der Waals surface area contributed by atoms with Crippen LogP contribution in [0.2, 0.25) is 0 Å². The fraction of sp³-hybridized carbons (Fsp3) is 0.333. The van der Waals surface area contributed by atoms with E-state index < -0.39 is 12.0 Å². The molecule has 6 nitrogen and oxygen atoms in total. The van der Waals surface area contributed by atoms with Crippen LogP contribution in [-0.2, 0) is 16.0 Å². The highest BCUT2D eigenvalue weighted by atomic mass is 16.4. The number of carboxylic acids is 1. The summed E-state index contributed by atoms with van der Waals surface area (Å²) in [5.41, 5.74) is 0.575. The van der Waals surface area contributed by atoms with E-state index >= 15 is 0 Å². The first-order chi connectivity index (χ1) is 7.09. The Hall–Kier alpha value is -1.98. The molecule has 1 atom stereocenters. The lowest BCUT2D eigenvalue weighted by atomic mass is 10.1. The minimum Gasteiger partial charge on any atom is -0.480 e. The van der Waals surface area contributed by atoms with Crippen LogP contribution in [-0.4, -0.2) is 33.0 Å². The Bertz CT molecular complexity index is 353. The maximum absolute atomic E-state index is 10.8. The highest BCUT2D eigenvalue weighted by Gasteiger charge is 2.19. The van der Waals surface area contributed by atoms with Gasteiger partial charge in [-0.05, 0) is 6.07 Å². The van der Waals surface area contributed by atoms with E-state index in [9.17, 15) is 9.59 Å². The van der Waals surface area contributed by atoms with Crippen LogP contribution in [0.3, 0.4) is 0 Å². The molecule has 80 valence electrons. The predicted molar refractivity (Wildman–Crippen MR) is 51.0 cm³/mol. The maximum atomic E-state index is 10.8. The van der Waals surface area contributed by atoms with E-state index in [1.807, 2.05) is 0 Å². The van der Waals surface area contributed by atoms with Crippen LogP contribution in [0.25, 0.3) is 0 Å². The fourth-order valence-electron chi connectivity index (χ4n) is 1.09. The molecular formula is C9H11N3O3. The molecule has 0 unspecified atom stereocenters. The van der Waals surface area contributed by atoms with Crippen LogP contribution >= 0.6 is 0 Å². The van der Waals surface area contributed by atoms with Gasteiger partial charge in [-0.25, -0.2) is 14.8 Å². The van der Waals surface area contributed by atoms with Crippen LogP contribution in [0.4, 0.5) is 0 Å². The Kier molecular flexibility index (Phi) is 3.73. The summed E-state index contributed by atoms with van der Waals surface area (Å²) in [5.74, 6) is -1.46. The highest BCUT2D eigenvalue weighted by Crippen LogP contribution is 1.98. The van der Waals surface area contributed by atoms with Gasteiger partial charge >= 0.3 is 5.97 Å². The maximum Gasteiger partial charge on any atom is 0.326 e.